The molecule has 3 aromatic rings. The van der Waals surface area contributed by atoms with Crippen LogP contribution in [0.3, 0.4) is 0 Å². The number of hydrogen-bond donors (Lipinski definition) is 1. The highest BCUT2D eigenvalue weighted by atomic mass is 16.5. The van der Waals surface area contributed by atoms with Crippen molar-refractivity contribution in [2.24, 2.45) is 5.92 Å². The fourth-order valence-electron chi connectivity index (χ4n) is 5.87. The molecule has 2 saturated carbocycles. The van der Waals surface area contributed by atoms with E-state index in [1.54, 1.807) is 0 Å². The number of ether oxygens (including phenoxy) is 1. The first kappa shape index (κ1) is 27.8. The summed E-state index contributed by atoms with van der Waals surface area (Å²) >= 11 is 0. The Hall–Kier alpha value is -3.18. The first-order valence-electron chi connectivity index (χ1n) is 14.5. The van der Waals surface area contributed by atoms with Gasteiger partial charge in [-0.05, 0) is 30.5 Å². The molecule has 5 rings (SSSR count). The third-order valence-electron chi connectivity index (χ3n) is 8.09. The third kappa shape index (κ3) is 6.44. The van der Waals surface area contributed by atoms with Crippen LogP contribution in [-0.2, 0) is 21.5 Å². The molecule has 0 aliphatic heterocycles. The summed E-state index contributed by atoms with van der Waals surface area (Å²) in [5, 5.41) is 6.81. The Morgan fingerprint density at radius 1 is 1.03 bits per heavy atom. The molecule has 38 heavy (non-hydrogen) atoms. The molecule has 1 heterocycles. The highest BCUT2D eigenvalue weighted by molar-refractivity contribution is 5.83. The van der Waals surface area contributed by atoms with E-state index in [2.05, 4.69) is 47.5 Å². The van der Waals surface area contributed by atoms with Crippen molar-refractivity contribution in [3.63, 3.8) is 0 Å². The molecule has 0 spiro atoms. The average Bonchev–Trinajstić information content (AvgIpc) is 3.30. The van der Waals surface area contributed by atoms with Gasteiger partial charge in [-0.25, -0.2) is 4.68 Å². The summed E-state index contributed by atoms with van der Waals surface area (Å²) in [6.45, 7) is 10.1. The molecule has 5 nitrogen and oxygen atoms in total. The highest BCUT2D eigenvalue weighted by Crippen LogP contribution is 2.43. The van der Waals surface area contributed by atoms with Crippen LogP contribution in [0.25, 0.3) is 5.69 Å². The molecule has 2 fully saturated rings. The summed E-state index contributed by atoms with van der Waals surface area (Å²) in [5.41, 5.74) is 4.11. The van der Waals surface area contributed by atoms with Crippen molar-refractivity contribution < 1.29 is 14.8 Å². The van der Waals surface area contributed by atoms with Gasteiger partial charge in [0.1, 0.15) is 12.6 Å². The van der Waals surface area contributed by atoms with Crippen molar-refractivity contribution in [2.75, 3.05) is 6.54 Å². The molecule has 0 amide bonds. The van der Waals surface area contributed by atoms with Crippen molar-refractivity contribution in [1.82, 2.24) is 9.78 Å². The van der Waals surface area contributed by atoms with E-state index in [1.165, 1.54) is 24.0 Å². The summed E-state index contributed by atoms with van der Waals surface area (Å²) < 4.78 is 8.18. The maximum Gasteiger partial charge on any atom is 0.316 e. The number of para-hydroxylation sites is 1. The Morgan fingerprint density at radius 3 is 2.34 bits per heavy atom. The molecule has 0 saturated heterocycles. The zero-order chi connectivity index (χ0) is 26.8. The van der Waals surface area contributed by atoms with E-state index in [1.807, 2.05) is 61.1 Å². The van der Waals surface area contributed by atoms with Gasteiger partial charge in [-0.1, -0.05) is 100 Å². The fraction of sp³-hybridized carbons (Fsp3) is 0.455. The molecule has 202 valence electrons. The molecule has 2 atom stereocenters. The van der Waals surface area contributed by atoms with Crippen LogP contribution >= 0.6 is 0 Å². The van der Waals surface area contributed by atoms with E-state index >= 15 is 0 Å². The molecule has 0 radical (unpaired) electrons. The Balaban J connectivity index is 0.00000164. The summed E-state index contributed by atoms with van der Waals surface area (Å²) in [6, 6.07) is 20.5. The van der Waals surface area contributed by atoms with E-state index in [-0.39, 0.29) is 18.0 Å². The van der Waals surface area contributed by atoms with E-state index < -0.39 is 5.41 Å². The van der Waals surface area contributed by atoms with Gasteiger partial charge in [0, 0.05) is 30.5 Å². The second-order valence-electron chi connectivity index (χ2n) is 10.5. The van der Waals surface area contributed by atoms with Crippen LogP contribution in [0.5, 0.6) is 0 Å². The lowest BCUT2D eigenvalue weighted by Gasteiger charge is -2.41. The van der Waals surface area contributed by atoms with E-state index in [0.717, 1.165) is 62.9 Å². The van der Waals surface area contributed by atoms with Gasteiger partial charge in [0.05, 0.1) is 23.8 Å². The lowest BCUT2D eigenvalue weighted by Crippen LogP contribution is -2.83. The Labute approximate surface area is 228 Å². The monoisotopic (exact) mass is 514 g/mol. The number of benzene rings is 2. The summed E-state index contributed by atoms with van der Waals surface area (Å²) in [5.74, 6) is 0.242. The Morgan fingerprint density at radius 2 is 1.68 bits per heavy atom. The maximum atomic E-state index is 13.7. The number of hydrogen-bond acceptors (Lipinski definition) is 3. The van der Waals surface area contributed by atoms with E-state index in [0.29, 0.717) is 0 Å². The molecule has 0 bridgehead atoms. The van der Waals surface area contributed by atoms with E-state index in [4.69, 9.17) is 4.74 Å². The molecule has 5 heteroatoms. The Bertz CT molecular complexity index is 1150. The van der Waals surface area contributed by atoms with Gasteiger partial charge in [-0.3, -0.25) is 4.79 Å². The van der Waals surface area contributed by atoms with Crippen molar-refractivity contribution >= 4 is 5.97 Å². The first-order chi connectivity index (χ1) is 18.7. The normalized spacial score (nSPS) is 20.4. The predicted molar refractivity (Wildman–Crippen MR) is 153 cm³/mol. The number of nitrogens with zero attached hydrogens (tertiary/aromatic N) is 2. The van der Waals surface area contributed by atoms with Gasteiger partial charge in [-0.15, -0.1) is 0 Å². The van der Waals surface area contributed by atoms with E-state index in [9.17, 15) is 4.79 Å². The van der Waals surface area contributed by atoms with Crippen LogP contribution in [-0.4, -0.2) is 28.4 Å². The van der Waals surface area contributed by atoms with Gasteiger partial charge in [0.2, 0.25) is 0 Å². The van der Waals surface area contributed by atoms with Crippen LogP contribution < -0.4 is 5.32 Å². The topological polar surface area (TPSA) is 60.7 Å². The third-order valence-corrected chi connectivity index (χ3v) is 8.09. The molecule has 2 N–H and O–H groups in total. The van der Waals surface area contributed by atoms with Crippen LogP contribution in [0, 0.1) is 5.92 Å². The number of aromatic nitrogens is 2. The number of esters is 1. The zero-order valence-electron chi connectivity index (χ0n) is 23.1. The van der Waals surface area contributed by atoms with Crippen molar-refractivity contribution in [2.45, 2.75) is 83.3 Å². The molecular weight excluding hydrogens is 470 g/mol. The highest BCUT2D eigenvalue weighted by Gasteiger charge is 2.45. The van der Waals surface area contributed by atoms with Crippen molar-refractivity contribution in [1.29, 1.82) is 0 Å². The minimum Gasteiger partial charge on any atom is -0.461 e. The summed E-state index contributed by atoms with van der Waals surface area (Å²) in [6.07, 6.45) is 12.1. The number of rotatable bonds is 9. The summed E-state index contributed by atoms with van der Waals surface area (Å²) in [7, 11) is 0. The maximum absolute atomic E-state index is 13.7. The second kappa shape index (κ2) is 13.6. The van der Waals surface area contributed by atoms with Crippen molar-refractivity contribution in [3.8, 4) is 5.69 Å². The zero-order valence-corrected chi connectivity index (χ0v) is 23.1. The lowest BCUT2D eigenvalue weighted by molar-refractivity contribution is -0.671. The van der Waals surface area contributed by atoms with Crippen LogP contribution in [0.2, 0.25) is 0 Å². The van der Waals surface area contributed by atoms with Gasteiger partial charge >= 0.3 is 5.97 Å². The van der Waals surface area contributed by atoms with Crippen LogP contribution in [0.4, 0.5) is 0 Å². The minimum absolute atomic E-state index is 0.0181. The van der Waals surface area contributed by atoms with Gasteiger partial charge in [0.15, 0.2) is 0 Å². The molecule has 2 aliphatic rings. The predicted octanol–water partition coefficient (Wildman–Crippen LogP) is 6.13. The van der Waals surface area contributed by atoms with Crippen molar-refractivity contribution in [3.05, 3.63) is 96.3 Å². The van der Waals surface area contributed by atoms with Crippen LogP contribution in [0.1, 0.15) is 76.3 Å². The summed E-state index contributed by atoms with van der Waals surface area (Å²) in [4.78, 5) is 13.7. The second-order valence-corrected chi connectivity index (χ2v) is 10.5. The van der Waals surface area contributed by atoms with Gasteiger partial charge in [-0.2, -0.15) is 5.10 Å². The number of quaternary nitrogens is 1. The average molecular weight is 515 g/mol. The number of carbonyl (C=O) groups is 1. The first-order valence-corrected chi connectivity index (χ1v) is 14.5. The minimum atomic E-state index is -0.496. The largest absolute Gasteiger partial charge is 0.461 e. The molecule has 2 unspecified atom stereocenters. The molecule has 2 aliphatic carbocycles. The quantitative estimate of drug-likeness (QED) is 0.162. The molecule has 2 aromatic carbocycles. The molecular formula is C33H44N3O2+. The SMILES string of the molecule is C=C1CC(OC(=O)C2(c3ccccc3)CCCCCC2)C1CC[NH2+]Cc1cnn(-c2ccccc2)c1.CC. The number of carbonyl (C=O) groups excluding carboxylic acids is 1. The van der Waals surface area contributed by atoms with Gasteiger partial charge < -0.3 is 10.1 Å². The number of nitrogens with two attached hydrogens (primary N) is 1. The lowest BCUT2D eigenvalue weighted by atomic mass is 9.72. The standard InChI is InChI=1S/C31H37N3O2.C2H6/c1-24-20-29(36-30(35)31(17-10-2-3-11-18-31)26-12-6-4-7-13-26)28(24)16-19-32-21-25-22-33-34(23-25)27-14-8-5-9-15-27;1-2/h4-9,12-15,22-23,28-29,32H,1-3,10-11,16-21H2;1-2H3/p+1. The smallest absolute Gasteiger partial charge is 0.316 e. The van der Waals surface area contributed by atoms with Crippen LogP contribution in [0.15, 0.2) is 85.2 Å². The Kier molecular flexibility index (Phi) is 9.94. The molecule has 1 aromatic heterocycles. The van der Waals surface area contributed by atoms with Gasteiger partial charge in [0.25, 0.3) is 0 Å². The fourth-order valence-corrected chi connectivity index (χ4v) is 5.87.